The van der Waals surface area contributed by atoms with Gasteiger partial charge in [0.15, 0.2) is 0 Å². The largest absolute Gasteiger partial charge is 0.339 e. The third-order valence-corrected chi connectivity index (χ3v) is 4.22. The van der Waals surface area contributed by atoms with E-state index in [4.69, 9.17) is 5.73 Å². The molecule has 1 saturated heterocycles. The zero-order valence-corrected chi connectivity index (χ0v) is 12.3. The molecule has 1 saturated carbocycles. The molecule has 2 N–H and O–H groups in total. The molecule has 0 spiro atoms. The van der Waals surface area contributed by atoms with Crippen LogP contribution in [0.5, 0.6) is 0 Å². The number of carbonyl (C=O) groups excluding carboxylic acids is 1. The number of piperazine rings is 1. The van der Waals surface area contributed by atoms with Gasteiger partial charge in [0.2, 0.25) is 5.91 Å². The smallest absolute Gasteiger partial charge is 0.239 e. The molecule has 1 aliphatic heterocycles. The molecule has 0 aromatic heterocycles. The van der Waals surface area contributed by atoms with Crippen molar-refractivity contribution in [1.29, 1.82) is 0 Å². The molecule has 2 fully saturated rings. The first-order valence-corrected chi connectivity index (χ1v) is 6.88. The van der Waals surface area contributed by atoms with E-state index in [1.807, 2.05) is 18.7 Å². The van der Waals surface area contributed by atoms with Gasteiger partial charge in [0, 0.05) is 32.2 Å². The summed E-state index contributed by atoms with van der Waals surface area (Å²) in [6.45, 7) is 7.79. The van der Waals surface area contributed by atoms with E-state index in [9.17, 15) is 4.79 Å². The lowest BCUT2D eigenvalue weighted by atomic mass is 9.91. The highest BCUT2D eigenvalue weighted by Crippen LogP contribution is 2.25. The Labute approximate surface area is 116 Å². The molecule has 0 aromatic rings. The van der Waals surface area contributed by atoms with Crippen molar-refractivity contribution in [3.63, 3.8) is 0 Å². The van der Waals surface area contributed by atoms with Gasteiger partial charge < -0.3 is 10.6 Å². The molecule has 1 atom stereocenters. The number of nitrogens with zero attached hydrogens (tertiary/aromatic N) is 2. The van der Waals surface area contributed by atoms with Gasteiger partial charge in [0.25, 0.3) is 0 Å². The summed E-state index contributed by atoms with van der Waals surface area (Å²) in [5.41, 5.74) is 5.92. The van der Waals surface area contributed by atoms with Crippen LogP contribution >= 0.6 is 12.4 Å². The molecule has 1 aliphatic carbocycles. The Balaban J connectivity index is 0.00000162. The van der Waals surface area contributed by atoms with E-state index in [0.717, 1.165) is 32.2 Å². The maximum atomic E-state index is 12.1. The van der Waals surface area contributed by atoms with E-state index in [-0.39, 0.29) is 30.3 Å². The average Bonchev–Trinajstić information content (AvgIpc) is 2.25. The van der Waals surface area contributed by atoms with Gasteiger partial charge in [-0.1, -0.05) is 20.3 Å². The van der Waals surface area contributed by atoms with Gasteiger partial charge in [-0.15, -0.1) is 12.4 Å². The van der Waals surface area contributed by atoms with Gasteiger partial charge in [-0.2, -0.15) is 0 Å². The van der Waals surface area contributed by atoms with Gasteiger partial charge in [-0.25, -0.2) is 0 Å². The van der Waals surface area contributed by atoms with Crippen LogP contribution in [0.3, 0.4) is 0 Å². The molecule has 1 amide bonds. The topological polar surface area (TPSA) is 49.6 Å². The number of hydrogen-bond donors (Lipinski definition) is 1. The summed E-state index contributed by atoms with van der Waals surface area (Å²) < 4.78 is 0. The Bertz CT molecular complexity index is 273. The van der Waals surface area contributed by atoms with Crippen LogP contribution in [-0.2, 0) is 4.79 Å². The fourth-order valence-corrected chi connectivity index (χ4v) is 2.56. The second-order valence-electron chi connectivity index (χ2n) is 5.72. The highest BCUT2D eigenvalue weighted by atomic mass is 35.5. The van der Waals surface area contributed by atoms with Crippen molar-refractivity contribution < 1.29 is 4.79 Å². The lowest BCUT2D eigenvalue weighted by Gasteiger charge is -2.43. The number of halogens is 1. The second kappa shape index (κ2) is 6.73. The van der Waals surface area contributed by atoms with E-state index < -0.39 is 0 Å². The van der Waals surface area contributed by atoms with Crippen LogP contribution in [0.1, 0.15) is 33.1 Å². The molecular weight excluding hydrogens is 250 g/mol. The molecule has 18 heavy (non-hydrogen) atoms. The maximum absolute atomic E-state index is 12.1. The van der Waals surface area contributed by atoms with E-state index in [0.29, 0.717) is 0 Å². The second-order valence-corrected chi connectivity index (χ2v) is 5.72. The number of amides is 1. The van der Waals surface area contributed by atoms with Crippen LogP contribution in [0.25, 0.3) is 0 Å². The zero-order chi connectivity index (χ0) is 12.4. The Morgan fingerprint density at radius 1 is 1.17 bits per heavy atom. The van der Waals surface area contributed by atoms with Crippen LogP contribution in [0, 0.1) is 5.92 Å². The molecule has 4 nitrogen and oxygen atoms in total. The number of carbonyl (C=O) groups is 1. The van der Waals surface area contributed by atoms with E-state index in [1.54, 1.807) is 0 Å². The minimum atomic E-state index is -0.328. The van der Waals surface area contributed by atoms with Gasteiger partial charge in [-0.05, 0) is 18.8 Å². The van der Waals surface area contributed by atoms with E-state index >= 15 is 0 Å². The predicted octanol–water partition coefficient (Wildman–Crippen LogP) is 1.09. The first kappa shape index (κ1) is 15.7. The fraction of sp³-hybridized carbons (Fsp3) is 0.923. The van der Waals surface area contributed by atoms with Crippen molar-refractivity contribution >= 4 is 18.3 Å². The highest BCUT2D eigenvalue weighted by molar-refractivity contribution is 5.85. The Hall–Kier alpha value is -0.320. The minimum Gasteiger partial charge on any atom is -0.339 e. The van der Waals surface area contributed by atoms with Crippen LogP contribution in [-0.4, -0.2) is 54.0 Å². The Kier molecular flexibility index (Phi) is 5.89. The predicted molar refractivity (Wildman–Crippen MR) is 75.9 cm³/mol. The number of nitrogens with two attached hydrogens (primary N) is 1. The van der Waals surface area contributed by atoms with Crippen LogP contribution in [0.15, 0.2) is 0 Å². The summed E-state index contributed by atoms with van der Waals surface area (Å²) in [6.07, 6.45) is 4.07. The number of hydrogen-bond acceptors (Lipinski definition) is 3. The Morgan fingerprint density at radius 2 is 1.72 bits per heavy atom. The van der Waals surface area contributed by atoms with Crippen molar-refractivity contribution in [1.82, 2.24) is 9.80 Å². The van der Waals surface area contributed by atoms with Crippen molar-refractivity contribution in [2.45, 2.75) is 45.2 Å². The highest BCUT2D eigenvalue weighted by Gasteiger charge is 2.31. The van der Waals surface area contributed by atoms with Crippen LogP contribution in [0.2, 0.25) is 0 Å². The monoisotopic (exact) mass is 275 g/mol. The first-order chi connectivity index (χ1) is 8.09. The Morgan fingerprint density at radius 3 is 2.11 bits per heavy atom. The summed E-state index contributed by atoms with van der Waals surface area (Å²) in [5, 5.41) is 0. The minimum absolute atomic E-state index is 0. The fourth-order valence-electron chi connectivity index (χ4n) is 2.56. The summed E-state index contributed by atoms with van der Waals surface area (Å²) in [7, 11) is 0. The summed E-state index contributed by atoms with van der Waals surface area (Å²) in [4.78, 5) is 16.6. The maximum Gasteiger partial charge on any atom is 0.239 e. The molecule has 1 heterocycles. The van der Waals surface area contributed by atoms with Crippen LogP contribution in [0.4, 0.5) is 0 Å². The normalized spacial score (nSPS) is 23.4. The molecule has 0 unspecified atom stereocenters. The molecule has 0 radical (unpaired) electrons. The van der Waals surface area contributed by atoms with Crippen molar-refractivity contribution in [3.05, 3.63) is 0 Å². The SMILES string of the molecule is CC(C)[C@H](N)C(=O)N1CCN(C2CCC2)CC1.Cl. The lowest BCUT2D eigenvalue weighted by Crippen LogP contribution is -2.57. The molecule has 2 rings (SSSR count). The summed E-state index contributed by atoms with van der Waals surface area (Å²) >= 11 is 0. The third kappa shape index (κ3) is 3.37. The molecular formula is C13H26ClN3O. The molecule has 5 heteroatoms. The number of rotatable bonds is 3. The molecule has 106 valence electrons. The standard InChI is InChI=1S/C13H25N3O.ClH/c1-10(2)12(14)13(17)16-8-6-15(7-9-16)11-4-3-5-11;/h10-12H,3-9,14H2,1-2H3;1H/t12-;/m0./s1. The first-order valence-electron chi connectivity index (χ1n) is 6.88. The van der Waals surface area contributed by atoms with Crippen molar-refractivity contribution in [2.75, 3.05) is 26.2 Å². The van der Waals surface area contributed by atoms with Gasteiger partial charge >= 0.3 is 0 Å². The third-order valence-electron chi connectivity index (χ3n) is 4.22. The molecule has 2 aliphatic rings. The average molecular weight is 276 g/mol. The summed E-state index contributed by atoms with van der Waals surface area (Å²) in [6, 6.07) is 0.469. The zero-order valence-electron chi connectivity index (χ0n) is 11.5. The van der Waals surface area contributed by atoms with E-state index in [1.165, 1.54) is 19.3 Å². The quantitative estimate of drug-likeness (QED) is 0.839. The molecule has 0 aromatic carbocycles. The van der Waals surface area contributed by atoms with Gasteiger partial charge in [-0.3, -0.25) is 9.69 Å². The van der Waals surface area contributed by atoms with E-state index in [2.05, 4.69) is 4.90 Å². The summed E-state index contributed by atoms with van der Waals surface area (Å²) in [5.74, 6) is 0.362. The molecule has 0 bridgehead atoms. The van der Waals surface area contributed by atoms with Crippen molar-refractivity contribution in [3.8, 4) is 0 Å². The van der Waals surface area contributed by atoms with Crippen LogP contribution < -0.4 is 5.73 Å². The van der Waals surface area contributed by atoms with Crippen molar-refractivity contribution in [2.24, 2.45) is 11.7 Å². The van der Waals surface area contributed by atoms with Gasteiger partial charge in [0.05, 0.1) is 6.04 Å². The van der Waals surface area contributed by atoms with Gasteiger partial charge in [0.1, 0.15) is 0 Å². The lowest BCUT2D eigenvalue weighted by molar-refractivity contribution is -0.135.